The van der Waals surface area contributed by atoms with E-state index in [-0.39, 0.29) is 34.2 Å². The number of hydrazine groups is 1. The molecule has 1 atom stereocenters. The van der Waals surface area contributed by atoms with E-state index in [1.54, 1.807) is 49.8 Å². The highest BCUT2D eigenvalue weighted by atomic mass is 32.2. The molecular weight excluding hydrogens is 637 g/mol. The number of alkyl halides is 3. The average molecular weight is 671 g/mol. The van der Waals surface area contributed by atoms with Gasteiger partial charge in [-0.1, -0.05) is 36.8 Å². The third-order valence-electron chi connectivity index (χ3n) is 6.18. The Morgan fingerprint density at radius 1 is 1.11 bits per heavy atom. The second-order valence-corrected chi connectivity index (χ2v) is 11.7. The Labute approximate surface area is 262 Å². The Balaban J connectivity index is 1.66. The molecule has 0 aliphatic carbocycles. The van der Waals surface area contributed by atoms with E-state index in [9.17, 15) is 36.4 Å². The number of carbonyl (C=O) groups is 2. The summed E-state index contributed by atoms with van der Waals surface area (Å²) >= 11 is 0. The number of hydrogen-bond donors (Lipinski definition) is 1. The molecule has 0 aliphatic heterocycles. The van der Waals surface area contributed by atoms with Gasteiger partial charge in [0.1, 0.15) is 13.2 Å². The first-order chi connectivity index (χ1) is 21.5. The van der Waals surface area contributed by atoms with Crippen molar-refractivity contribution in [3.05, 3.63) is 71.1 Å². The number of benzene rings is 2. The van der Waals surface area contributed by atoms with Crippen LogP contribution in [0.15, 0.2) is 64.8 Å². The van der Waals surface area contributed by atoms with Crippen LogP contribution in [-0.2, 0) is 35.3 Å². The molecule has 2 aromatic carbocycles. The molecule has 0 radical (unpaired) electrons. The standard InChI is InChI=1S/C28H33F3N6O8S/c1-6-26(38)44-20(5)45-34-37(40)35(18(2)3)15-16-43-27(39)33-46(41,42)23-13-11-22(12-14-23)36-24(17-25(32-36)28(29,30)31)21-9-7-19(4)8-10-21/h7-14,17-18,20H,6,15-16H2,1-5H3,(H,33,39)/b37-34-. The number of halogens is 3. The zero-order valence-corrected chi connectivity index (χ0v) is 26.3. The summed E-state index contributed by atoms with van der Waals surface area (Å²) in [5.41, 5.74) is 0.494. The molecule has 0 saturated heterocycles. The molecule has 1 heterocycles. The molecule has 14 nitrogen and oxygen atoms in total. The van der Waals surface area contributed by atoms with Gasteiger partial charge in [0.25, 0.3) is 16.3 Å². The van der Waals surface area contributed by atoms with Gasteiger partial charge in [0.05, 0.1) is 27.3 Å². The van der Waals surface area contributed by atoms with Gasteiger partial charge in [-0.3, -0.25) is 9.63 Å². The van der Waals surface area contributed by atoms with Crippen LogP contribution in [0, 0.1) is 12.1 Å². The van der Waals surface area contributed by atoms with Crippen molar-refractivity contribution in [3.63, 3.8) is 0 Å². The average Bonchev–Trinajstić information content (AvgIpc) is 3.44. The second-order valence-electron chi connectivity index (χ2n) is 10.0. The summed E-state index contributed by atoms with van der Waals surface area (Å²) in [6.45, 7) is 7.37. The first kappa shape index (κ1) is 35.6. The summed E-state index contributed by atoms with van der Waals surface area (Å²) in [6, 6.07) is 11.8. The summed E-state index contributed by atoms with van der Waals surface area (Å²) in [5, 5.41) is 20.4. The fourth-order valence-electron chi connectivity index (χ4n) is 3.83. The molecule has 1 unspecified atom stereocenters. The van der Waals surface area contributed by atoms with E-state index < -0.39 is 52.9 Å². The van der Waals surface area contributed by atoms with Crippen LogP contribution in [0.25, 0.3) is 16.9 Å². The minimum atomic E-state index is -4.72. The monoisotopic (exact) mass is 670 g/mol. The van der Waals surface area contributed by atoms with Crippen LogP contribution in [0.3, 0.4) is 0 Å². The number of hydrogen-bond acceptors (Lipinski definition) is 10. The van der Waals surface area contributed by atoms with Gasteiger partial charge in [-0.15, -0.1) is 5.01 Å². The summed E-state index contributed by atoms with van der Waals surface area (Å²) in [7, 11) is -4.46. The van der Waals surface area contributed by atoms with Crippen LogP contribution in [0.4, 0.5) is 18.0 Å². The highest BCUT2D eigenvalue weighted by molar-refractivity contribution is 7.90. The molecule has 0 aliphatic rings. The minimum Gasteiger partial charge on any atom is -0.569 e. The molecule has 0 spiro atoms. The van der Waals surface area contributed by atoms with Gasteiger partial charge in [-0.25, -0.2) is 22.6 Å². The number of aryl methyl sites for hydroxylation is 1. The summed E-state index contributed by atoms with van der Waals surface area (Å²) in [6.07, 6.45) is -7.10. The highest BCUT2D eigenvalue weighted by Gasteiger charge is 2.35. The largest absolute Gasteiger partial charge is 0.569 e. The van der Waals surface area contributed by atoms with Crippen molar-refractivity contribution in [3.8, 4) is 16.9 Å². The molecule has 0 saturated carbocycles. The summed E-state index contributed by atoms with van der Waals surface area (Å²) in [4.78, 5) is 28.1. The number of ether oxygens (including phenoxy) is 2. The van der Waals surface area contributed by atoms with Crippen LogP contribution in [0.2, 0.25) is 0 Å². The SMILES string of the molecule is CCC(=O)OC(C)O/N=[N+](\[O-])N(CCOC(=O)NS(=O)(=O)c1ccc(-n2nc(C(F)(F)F)cc2-c2ccc(C)cc2)cc1)C(C)C. The number of amides is 1. The maximum absolute atomic E-state index is 13.5. The number of esters is 1. The minimum absolute atomic E-state index is 0.0715. The lowest BCUT2D eigenvalue weighted by atomic mass is 10.1. The fraction of sp³-hybridized carbons (Fsp3) is 0.393. The number of rotatable bonds is 13. The molecule has 3 aromatic rings. The van der Waals surface area contributed by atoms with E-state index in [0.29, 0.717) is 5.56 Å². The molecule has 0 fully saturated rings. The maximum Gasteiger partial charge on any atom is 0.435 e. The predicted molar refractivity (Wildman–Crippen MR) is 155 cm³/mol. The Morgan fingerprint density at radius 3 is 2.30 bits per heavy atom. The van der Waals surface area contributed by atoms with Crippen molar-refractivity contribution in [2.75, 3.05) is 13.2 Å². The highest BCUT2D eigenvalue weighted by Crippen LogP contribution is 2.33. The van der Waals surface area contributed by atoms with Crippen molar-refractivity contribution < 1.29 is 50.5 Å². The second kappa shape index (κ2) is 14.9. The molecular formula is C28H33F3N6O8S. The lowest BCUT2D eigenvalue weighted by molar-refractivity contribution is -0.719. The normalized spacial score (nSPS) is 12.8. The number of sulfonamides is 1. The summed E-state index contributed by atoms with van der Waals surface area (Å²) in [5.74, 6) is -0.559. The zero-order chi connectivity index (χ0) is 34.2. The van der Waals surface area contributed by atoms with Crippen molar-refractivity contribution in [2.45, 2.75) is 64.4 Å². The van der Waals surface area contributed by atoms with Crippen LogP contribution in [0.1, 0.15) is 45.4 Å². The van der Waals surface area contributed by atoms with E-state index in [4.69, 9.17) is 14.3 Å². The Kier molecular flexibility index (Phi) is 11.6. The smallest absolute Gasteiger partial charge is 0.435 e. The van der Waals surface area contributed by atoms with E-state index in [2.05, 4.69) is 10.4 Å². The van der Waals surface area contributed by atoms with Crippen molar-refractivity contribution >= 4 is 22.1 Å². The third-order valence-corrected chi connectivity index (χ3v) is 7.51. The molecule has 1 aromatic heterocycles. The van der Waals surface area contributed by atoms with Gasteiger partial charge in [0.2, 0.25) is 5.28 Å². The number of nitrogens with zero attached hydrogens (tertiary/aromatic N) is 5. The topological polar surface area (TPSA) is 167 Å². The number of carbonyl (C=O) groups excluding carboxylic acids is 2. The molecule has 1 N–H and O–H groups in total. The lowest BCUT2D eigenvalue weighted by Gasteiger charge is -2.21. The Hall–Kier alpha value is -4.87. The van der Waals surface area contributed by atoms with Crippen LogP contribution in [0.5, 0.6) is 0 Å². The van der Waals surface area contributed by atoms with Gasteiger partial charge in [0.15, 0.2) is 5.69 Å². The van der Waals surface area contributed by atoms with Gasteiger partial charge in [-0.05, 0) is 51.1 Å². The quantitative estimate of drug-likeness (QED) is 0.0850. The molecule has 46 heavy (non-hydrogen) atoms. The van der Waals surface area contributed by atoms with Crippen LogP contribution >= 0.6 is 0 Å². The molecule has 250 valence electrons. The van der Waals surface area contributed by atoms with E-state index >= 15 is 0 Å². The maximum atomic E-state index is 13.5. The van der Waals surface area contributed by atoms with Crippen LogP contribution < -0.4 is 4.72 Å². The Bertz CT molecular complexity index is 1640. The molecule has 3 rings (SSSR count). The molecule has 18 heteroatoms. The van der Waals surface area contributed by atoms with Crippen molar-refractivity contribution in [1.82, 2.24) is 19.5 Å². The van der Waals surface area contributed by atoms with Crippen LogP contribution in [-0.4, -0.2) is 65.7 Å². The first-order valence-electron chi connectivity index (χ1n) is 13.9. The fourth-order valence-corrected chi connectivity index (χ4v) is 4.72. The lowest BCUT2D eigenvalue weighted by Crippen LogP contribution is -2.41. The molecule has 1 amide bonds. The first-order valence-corrected chi connectivity index (χ1v) is 15.3. The van der Waals surface area contributed by atoms with Crippen molar-refractivity contribution in [2.24, 2.45) is 5.28 Å². The number of aromatic nitrogens is 2. The van der Waals surface area contributed by atoms with E-state index in [0.717, 1.165) is 33.5 Å². The third kappa shape index (κ3) is 9.56. The number of nitrogens with one attached hydrogen (secondary N) is 1. The van der Waals surface area contributed by atoms with Gasteiger partial charge >= 0.3 is 18.2 Å². The van der Waals surface area contributed by atoms with Gasteiger partial charge in [0, 0.05) is 18.9 Å². The van der Waals surface area contributed by atoms with Gasteiger partial charge in [-0.2, -0.15) is 18.3 Å². The Morgan fingerprint density at radius 2 is 1.74 bits per heavy atom. The van der Waals surface area contributed by atoms with E-state index in [1.165, 1.54) is 19.1 Å². The van der Waals surface area contributed by atoms with E-state index in [1.807, 2.05) is 6.92 Å². The van der Waals surface area contributed by atoms with Crippen molar-refractivity contribution in [1.29, 1.82) is 0 Å². The zero-order valence-electron chi connectivity index (χ0n) is 25.5. The van der Waals surface area contributed by atoms with Gasteiger partial charge < -0.3 is 14.7 Å². The summed E-state index contributed by atoms with van der Waals surface area (Å²) < 4.78 is 78.6. The predicted octanol–water partition coefficient (Wildman–Crippen LogP) is 5.10. The molecule has 0 bridgehead atoms.